The van der Waals surface area contributed by atoms with Crippen molar-refractivity contribution in [1.29, 1.82) is 0 Å². The number of nitrogens with zero attached hydrogens (tertiary/aromatic N) is 2. The Bertz CT molecular complexity index is 1150. The minimum atomic E-state index is -0.858. The van der Waals surface area contributed by atoms with Gasteiger partial charge in [0.1, 0.15) is 11.6 Å². The highest BCUT2D eigenvalue weighted by Gasteiger charge is 2.31. The Balaban J connectivity index is 1.31. The number of aliphatic hydroxyl groups excluding tert-OH is 1. The Kier molecular flexibility index (Phi) is 7.82. The average molecular weight is 469 g/mol. The molecule has 1 saturated carbocycles. The predicted octanol–water partition coefficient (Wildman–Crippen LogP) is 4.14. The number of aliphatic hydroxyl groups is 1. The fraction of sp³-hybridized carbons (Fsp3) is 0.385. The molecule has 180 valence electrons. The maximum atomic E-state index is 13.7. The van der Waals surface area contributed by atoms with Gasteiger partial charge in [0.15, 0.2) is 0 Å². The molecule has 0 spiro atoms. The van der Waals surface area contributed by atoms with Crippen molar-refractivity contribution in [2.75, 3.05) is 13.7 Å². The van der Waals surface area contributed by atoms with Crippen molar-refractivity contribution in [3.8, 4) is 5.88 Å². The fourth-order valence-corrected chi connectivity index (χ4v) is 4.62. The Morgan fingerprint density at radius 2 is 1.97 bits per heavy atom. The van der Waals surface area contributed by atoms with Gasteiger partial charge in [0, 0.05) is 42.0 Å². The molecule has 1 aliphatic carbocycles. The molecule has 2 atom stereocenters. The average Bonchev–Trinajstić information content (AvgIpc) is 2.87. The lowest BCUT2D eigenvalue weighted by molar-refractivity contribution is 0.101. The molecule has 1 aromatic carbocycles. The van der Waals surface area contributed by atoms with Gasteiger partial charge in [-0.3, -0.25) is 4.98 Å². The first-order valence-electron chi connectivity index (χ1n) is 11.5. The van der Waals surface area contributed by atoms with Gasteiger partial charge in [-0.2, -0.15) is 0 Å². The van der Waals surface area contributed by atoms with Gasteiger partial charge in [0.05, 0.1) is 24.2 Å². The van der Waals surface area contributed by atoms with Gasteiger partial charge in [0.2, 0.25) is 5.88 Å². The molecule has 4 rings (SSSR count). The molecule has 0 unspecified atom stereocenters. The number of aromatic nitrogens is 2. The minimum absolute atomic E-state index is 0.179. The van der Waals surface area contributed by atoms with Crippen LogP contribution in [0.25, 0.3) is 17.1 Å². The highest BCUT2D eigenvalue weighted by Crippen LogP contribution is 2.33. The molecule has 0 aliphatic heterocycles. The quantitative estimate of drug-likeness (QED) is 0.460. The van der Waals surface area contributed by atoms with Crippen molar-refractivity contribution in [2.24, 2.45) is 11.7 Å². The summed E-state index contributed by atoms with van der Waals surface area (Å²) in [6.45, 7) is 0.566. The van der Waals surface area contributed by atoms with Crippen molar-refractivity contribution in [1.82, 2.24) is 15.3 Å². The van der Waals surface area contributed by atoms with Crippen LogP contribution in [-0.4, -0.2) is 40.8 Å². The van der Waals surface area contributed by atoms with Gasteiger partial charge in [-0.1, -0.05) is 12.2 Å². The van der Waals surface area contributed by atoms with E-state index in [-0.39, 0.29) is 11.5 Å². The third-order valence-electron chi connectivity index (χ3n) is 6.58. The van der Waals surface area contributed by atoms with E-state index in [2.05, 4.69) is 15.3 Å². The van der Waals surface area contributed by atoms with Crippen molar-refractivity contribution < 1.29 is 18.6 Å². The molecule has 0 amide bonds. The zero-order chi connectivity index (χ0) is 24.1. The molecule has 4 N–H and O–H groups in total. The lowest BCUT2D eigenvalue weighted by Gasteiger charge is -2.34. The zero-order valence-electron chi connectivity index (χ0n) is 19.1. The van der Waals surface area contributed by atoms with E-state index in [4.69, 9.17) is 10.5 Å². The molecule has 3 aromatic rings. The summed E-state index contributed by atoms with van der Waals surface area (Å²) in [4.78, 5) is 8.79. The molecule has 0 saturated heterocycles. The summed E-state index contributed by atoms with van der Waals surface area (Å²) in [5.74, 6) is -0.260. The second kappa shape index (κ2) is 11.0. The second-order valence-corrected chi connectivity index (χ2v) is 8.73. The topological polar surface area (TPSA) is 93.3 Å². The summed E-state index contributed by atoms with van der Waals surface area (Å²) in [7, 11) is 1.55. The number of ether oxygens (including phenoxy) is 1. The highest BCUT2D eigenvalue weighted by atomic mass is 19.1. The molecule has 34 heavy (non-hydrogen) atoms. The van der Waals surface area contributed by atoms with Crippen LogP contribution in [0.15, 0.2) is 48.7 Å². The summed E-state index contributed by atoms with van der Waals surface area (Å²) in [5.41, 5.74) is 8.69. The number of nitrogens with two attached hydrogens (primary N) is 1. The third-order valence-corrected chi connectivity index (χ3v) is 6.58. The van der Waals surface area contributed by atoms with Crippen LogP contribution in [0.1, 0.15) is 42.9 Å². The van der Waals surface area contributed by atoms with Crippen LogP contribution < -0.4 is 15.8 Å². The van der Waals surface area contributed by atoms with Gasteiger partial charge in [0.25, 0.3) is 0 Å². The van der Waals surface area contributed by atoms with Gasteiger partial charge < -0.3 is 20.9 Å². The van der Waals surface area contributed by atoms with E-state index in [9.17, 15) is 13.9 Å². The Morgan fingerprint density at radius 1 is 1.18 bits per heavy atom. The summed E-state index contributed by atoms with van der Waals surface area (Å²) in [6.07, 6.45) is 7.82. The van der Waals surface area contributed by atoms with Crippen molar-refractivity contribution >= 4 is 17.1 Å². The van der Waals surface area contributed by atoms with E-state index in [0.717, 1.165) is 37.8 Å². The fourth-order valence-electron chi connectivity index (χ4n) is 4.62. The largest absolute Gasteiger partial charge is 0.481 e. The molecule has 0 radical (unpaired) electrons. The first kappa shape index (κ1) is 24.2. The van der Waals surface area contributed by atoms with E-state index in [1.54, 1.807) is 37.6 Å². The number of fused-ring (bicyclic) bond motifs is 1. The Hall–Kier alpha value is -2.94. The molecular weight excluding hydrogens is 438 g/mol. The minimum Gasteiger partial charge on any atom is -0.481 e. The van der Waals surface area contributed by atoms with E-state index >= 15 is 0 Å². The van der Waals surface area contributed by atoms with Crippen LogP contribution in [0.5, 0.6) is 5.88 Å². The van der Waals surface area contributed by atoms with Crippen LogP contribution in [0.4, 0.5) is 8.78 Å². The number of rotatable bonds is 8. The van der Waals surface area contributed by atoms with E-state index < -0.39 is 23.8 Å². The van der Waals surface area contributed by atoms with Crippen molar-refractivity contribution in [2.45, 2.75) is 43.9 Å². The summed E-state index contributed by atoms with van der Waals surface area (Å²) >= 11 is 0. The van der Waals surface area contributed by atoms with E-state index in [1.165, 1.54) is 6.07 Å². The first-order chi connectivity index (χ1) is 16.5. The summed E-state index contributed by atoms with van der Waals surface area (Å²) in [5, 5.41) is 14.5. The van der Waals surface area contributed by atoms with E-state index in [0.29, 0.717) is 35.1 Å². The number of benzene rings is 1. The lowest BCUT2D eigenvalue weighted by atomic mass is 9.79. The third kappa shape index (κ3) is 5.58. The number of hydrogen-bond donors (Lipinski definition) is 3. The van der Waals surface area contributed by atoms with E-state index in [1.807, 2.05) is 6.07 Å². The van der Waals surface area contributed by atoms with Gasteiger partial charge in [-0.15, -0.1) is 0 Å². The molecule has 2 aromatic heterocycles. The molecule has 0 bridgehead atoms. The number of nitrogens with one attached hydrogen (secondary N) is 1. The number of hydrogen-bond acceptors (Lipinski definition) is 6. The first-order valence-corrected chi connectivity index (χ1v) is 11.5. The molecule has 6 nitrogen and oxygen atoms in total. The molecular formula is C26H30F2N4O2. The number of methoxy groups -OCH3 is 1. The van der Waals surface area contributed by atoms with Crippen LogP contribution in [0, 0.1) is 17.6 Å². The number of pyridine rings is 2. The Labute approximate surface area is 197 Å². The van der Waals surface area contributed by atoms with Gasteiger partial charge in [-0.25, -0.2) is 13.8 Å². The van der Waals surface area contributed by atoms with Crippen LogP contribution in [0.2, 0.25) is 0 Å². The standard InChI is InChI=1S/C26H30F2N4O2/c1-34-23-11-10-22-25(32-23)20(12-14-31-22)26(33)24(29)16-4-7-19(8-5-16)30-13-2-3-17-15-18(27)6-9-21(17)28/h2-3,6,9-12,14-16,19,24,26,30,33H,4-5,7-8,13,29H2,1H3/b3-2+/t16-,19-,24-,26+/m0/s1. The number of halogens is 2. The van der Waals surface area contributed by atoms with Crippen LogP contribution in [0.3, 0.4) is 0 Å². The molecule has 8 heteroatoms. The van der Waals surface area contributed by atoms with Crippen molar-refractivity contribution in [3.05, 3.63) is 71.4 Å². The van der Waals surface area contributed by atoms with Crippen LogP contribution >= 0.6 is 0 Å². The molecule has 1 aliphatic rings. The Morgan fingerprint density at radius 3 is 2.74 bits per heavy atom. The maximum absolute atomic E-state index is 13.7. The summed E-state index contributed by atoms with van der Waals surface area (Å²) in [6, 6.07) is 8.63. The summed E-state index contributed by atoms with van der Waals surface area (Å²) < 4.78 is 32.2. The molecule has 2 heterocycles. The SMILES string of the molecule is COc1ccc2nccc([C@@H](O)[C@@H](N)[C@H]3CC[C@H](NC/C=C/c4cc(F)ccc4F)CC3)c2n1. The zero-order valence-corrected chi connectivity index (χ0v) is 19.1. The van der Waals surface area contributed by atoms with Crippen molar-refractivity contribution in [3.63, 3.8) is 0 Å². The maximum Gasteiger partial charge on any atom is 0.213 e. The lowest BCUT2D eigenvalue weighted by Crippen LogP contribution is -2.41. The van der Waals surface area contributed by atoms with Gasteiger partial charge in [-0.05, 0) is 61.9 Å². The van der Waals surface area contributed by atoms with Crippen LogP contribution in [-0.2, 0) is 0 Å². The second-order valence-electron chi connectivity index (χ2n) is 8.73. The normalized spacial score (nSPS) is 20.5. The van der Waals surface area contributed by atoms with Gasteiger partial charge >= 0.3 is 0 Å². The monoisotopic (exact) mass is 468 g/mol. The predicted molar refractivity (Wildman–Crippen MR) is 128 cm³/mol. The highest BCUT2D eigenvalue weighted by molar-refractivity contribution is 5.78. The smallest absolute Gasteiger partial charge is 0.213 e. The molecule has 1 fully saturated rings.